The molecule has 0 aromatic heterocycles. The Morgan fingerprint density at radius 1 is 1.04 bits per heavy atom. The molecule has 0 N–H and O–H groups in total. The Labute approximate surface area is 162 Å². The summed E-state index contributed by atoms with van der Waals surface area (Å²) in [6.45, 7) is 2.79. The summed E-state index contributed by atoms with van der Waals surface area (Å²) in [4.78, 5) is 36.0. The summed E-state index contributed by atoms with van der Waals surface area (Å²) in [7, 11) is 0. The molecule has 0 bridgehead atoms. The normalized spacial score (nSPS) is 9.25. The van der Waals surface area contributed by atoms with Gasteiger partial charge in [0.15, 0.2) is 5.57 Å². The van der Waals surface area contributed by atoms with E-state index in [4.69, 9.17) is 9.47 Å². The van der Waals surface area contributed by atoms with Gasteiger partial charge in [-0.1, -0.05) is 18.2 Å². The minimum Gasteiger partial charge on any atom is -0.548 e. The molecule has 0 saturated heterocycles. The number of carbonyl (C=O) groups is 3. The maximum Gasteiger partial charge on any atom is 1.00 e. The maximum atomic E-state index is 11.9. The minimum atomic E-state index is -1.36. The van der Waals surface area contributed by atoms with E-state index in [9.17, 15) is 19.5 Å². The first-order valence-electron chi connectivity index (χ1n) is 7.07. The van der Waals surface area contributed by atoms with Gasteiger partial charge in [-0.2, -0.15) is 0 Å². The van der Waals surface area contributed by atoms with Gasteiger partial charge in [-0.15, -0.1) is 0 Å². The van der Waals surface area contributed by atoms with Crippen molar-refractivity contribution in [2.24, 2.45) is 0 Å². The molecule has 1 aromatic carbocycles. The van der Waals surface area contributed by atoms with Crippen LogP contribution >= 0.6 is 0 Å². The Morgan fingerprint density at radius 3 is 1.96 bits per heavy atom. The number of carboxylic acid groups (broad SMARTS) is 1. The Balaban J connectivity index is 0.00000529. The Bertz CT molecular complexity index is 567. The smallest absolute Gasteiger partial charge is 0.548 e. The summed E-state index contributed by atoms with van der Waals surface area (Å²) in [5.74, 6) is -3.13. The van der Waals surface area contributed by atoms with E-state index in [0.717, 1.165) is 6.20 Å². The number of hydrogen-bond donors (Lipinski definition) is 0. The summed E-state index contributed by atoms with van der Waals surface area (Å²) in [5, 5.41) is 10.9. The number of nitrogens with zero attached hydrogens (tertiary/aromatic N) is 1. The van der Waals surface area contributed by atoms with Crippen LogP contribution in [0.15, 0.2) is 42.1 Å². The Kier molecular flexibility index (Phi) is 10.8. The van der Waals surface area contributed by atoms with Gasteiger partial charge in [0.2, 0.25) is 0 Å². The van der Waals surface area contributed by atoms with Gasteiger partial charge in [0.25, 0.3) is 0 Å². The molecule has 1 rings (SSSR count). The molecule has 0 radical (unpaired) electrons. The molecule has 0 aliphatic heterocycles. The van der Waals surface area contributed by atoms with E-state index < -0.39 is 24.5 Å². The number of carbonyl (C=O) groups excluding carboxylic acids is 3. The largest absolute Gasteiger partial charge is 1.00 e. The van der Waals surface area contributed by atoms with Crippen LogP contribution in [0, 0.1) is 0 Å². The third-order valence-electron chi connectivity index (χ3n) is 2.66. The zero-order valence-corrected chi connectivity index (χ0v) is 16.0. The van der Waals surface area contributed by atoms with Crippen molar-refractivity contribution < 1.29 is 58.5 Å². The van der Waals surface area contributed by atoms with E-state index >= 15 is 0 Å². The molecule has 0 aliphatic rings. The molecule has 0 fully saturated rings. The van der Waals surface area contributed by atoms with Crippen LogP contribution < -0.4 is 39.6 Å². The first kappa shape index (κ1) is 22.2. The van der Waals surface area contributed by atoms with Crippen LogP contribution in [0.5, 0.6) is 0 Å². The fraction of sp³-hybridized carbons (Fsp3) is 0.312. The summed E-state index contributed by atoms with van der Waals surface area (Å²) in [6, 6.07) is 8.41. The van der Waals surface area contributed by atoms with Crippen molar-refractivity contribution in [3.63, 3.8) is 0 Å². The average Bonchev–Trinajstić information content (AvgIpc) is 2.52. The zero-order chi connectivity index (χ0) is 17.2. The van der Waals surface area contributed by atoms with Crippen molar-refractivity contribution in [3.8, 4) is 0 Å². The van der Waals surface area contributed by atoms with Crippen LogP contribution in [0.3, 0.4) is 0 Å². The van der Waals surface area contributed by atoms with Gasteiger partial charge in [-0.25, -0.2) is 9.59 Å². The molecule has 0 saturated carbocycles. The molecule has 0 amide bonds. The molecular formula is C16H18NNaO6. The molecule has 7 nitrogen and oxygen atoms in total. The molecule has 0 atom stereocenters. The first-order chi connectivity index (χ1) is 11.0. The van der Waals surface area contributed by atoms with E-state index in [0.29, 0.717) is 5.69 Å². The van der Waals surface area contributed by atoms with Crippen LogP contribution in [-0.4, -0.2) is 37.7 Å². The molecule has 0 heterocycles. The number of hydrogen-bond acceptors (Lipinski definition) is 7. The van der Waals surface area contributed by atoms with Gasteiger partial charge >= 0.3 is 41.5 Å². The van der Waals surface area contributed by atoms with Crippen LogP contribution in [0.4, 0.5) is 5.69 Å². The van der Waals surface area contributed by atoms with Crippen molar-refractivity contribution in [3.05, 3.63) is 42.1 Å². The Morgan fingerprint density at radius 2 is 1.54 bits per heavy atom. The van der Waals surface area contributed by atoms with Crippen molar-refractivity contribution in [1.82, 2.24) is 0 Å². The fourth-order valence-corrected chi connectivity index (χ4v) is 1.73. The van der Waals surface area contributed by atoms with Crippen LogP contribution in [0.2, 0.25) is 0 Å². The number of rotatable bonds is 8. The molecular weight excluding hydrogens is 325 g/mol. The number of aliphatic carboxylic acids is 1. The summed E-state index contributed by atoms with van der Waals surface area (Å²) in [6.07, 6.45) is 1.10. The number of ether oxygens (including phenoxy) is 2. The topological polar surface area (TPSA) is 96.0 Å². The third-order valence-corrected chi connectivity index (χ3v) is 2.66. The standard InChI is InChI=1S/C16H19NO6.Na/c1-3-22-15(20)13(16(21)23-4-2)10-17(11-14(18)19)12-8-6-5-7-9-12;/h5-10H,3-4,11H2,1-2H3,(H,18,19);/q;+1/p-1. The van der Waals surface area contributed by atoms with Gasteiger partial charge in [0.1, 0.15) is 0 Å². The third kappa shape index (κ3) is 7.16. The SMILES string of the molecule is CCOC(=O)C(=CN(CC(=O)[O-])c1ccccc1)C(=O)OCC.[Na+]. The molecule has 124 valence electrons. The quantitative estimate of drug-likeness (QED) is 0.166. The van der Waals surface area contributed by atoms with Crippen molar-refractivity contribution in [2.75, 3.05) is 24.7 Å². The molecule has 1 aromatic rings. The summed E-state index contributed by atoms with van der Waals surface area (Å²) in [5.41, 5.74) is 0.0848. The zero-order valence-electron chi connectivity index (χ0n) is 14.0. The summed E-state index contributed by atoms with van der Waals surface area (Å²) < 4.78 is 9.63. The molecule has 0 aliphatic carbocycles. The number of para-hydroxylation sites is 1. The van der Waals surface area contributed by atoms with Gasteiger partial charge in [0.05, 0.1) is 25.7 Å². The minimum absolute atomic E-state index is 0. The average molecular weight is 343 g/mol. The second-order valence-electron chi connectivity index (χ2n) is 4.32. The van der Waals surface area contributed by atoms with E-state index in [1.807, 2.05) is 0 Å². The van der Waals surface area contributed by atoms with Crippen LogP contribution in [-0.2, 0) is 23.9 Å². The maximum absolute atomic E-state index is 11.9. The number of anilines is 1. The van der Waals surface area contributed by atoms with Gasteiger partial charge in [-0.05, 0) is 26.0 Å². The predicted molar refractivity (Wildman–Crippen MR) is 80.1 cm³/mol. The van der Waals surface area contributed by atoms with E-state index in [1.165, 1.54) is 4.90 Å². The monoisotopic (exact) mass is 343 g/mol. The number of benzene rings is 1. The Hall–Kier alpha value is -1.83. The van der Waals surface area contributed by atoms with Gasteiger partial charge in [-0.3, -0.25) is 0 Å². The predicted octanol–water partition coefficient (Wildman–Crippen LogP) is -2.74. The van der Waals surface area contributed by atoms with Crippen LogP contribution in [0.25, 0.3) is 0 Å². The molecule has 0 spiro atoms. The molecule has 8 heteroatoms. The van der Waals surface area contributed by atoms with Gasteiger partial charge < -0.3 is 24.3 Å². The van der Waals surface area contributed by atoms with Crippen molar-refractivity contribution >= 4 is 23.6 Å². The van der Waals surface area contributed by atoms with E-state index in [1.54, 1.807) is 44.2 Å². The first-order valence-corrected chi connectivity index (χ1v) is 7.07. The van der Waals surface area contributed by atoms with Crippen LogP contribution in [0.1, 0.15) is 13.8 Å². The van der Waals surface area contributed by atoms with Crippen molar-refractivity contribution in [2.45, 2.75) is 13.8 Å². The fourth-order valence-electron chi connectivity index (χ4n) is 1.73. The number of esters is 2. The molecule has 24 heavy (non-hydrogen) atoms. The van der Waals surface area contributed by atoms with Gasteiger partial charge in [0, 0.05) is 11.9 Å². The van der Waals surface area contributed by atoms with Crippen molar-refractivity contribution in [1.29, 1.82) is 0 Å². The molecule has 0 unspecified atom stereocenters. The van der Waals surface area contributed by atoms with E-state index in [2.05, 4.69) is 0 Å². The van der Waals surface area contributed by atoms with E-state index in [-0.39, 0.29) is 48.3 Å². The second kappa shape index (κ2) is 11.7. The number of carboxylic acids is 1. The second-order valence-corrected chi connectivity index (χ2v) is 4.32. The summed E-state index contributed by atoms with van der Waals surface area (Å²) >= 11 is 0.